The maximum atomic E-state index is 3.72. The van der Waals surface area contributed by atoms with E-state index in [2.05, 4.69) is 24.1 Å². The van der Waals surface area contributed by atoms with Gasteiger partial charge in [-0.05, 0) is 56.4 Å². The van der Waals surface area contributed by atoms with E-state index in [-0.39, 0.29) is 0 Å². The molecule has 2 atom stereocenters. The minimum absolute atomic E-state index is 0.612. The van der Waals surface area contributed by atoms with Crippen molar-refractivity contribution in [3.63, 3.8) is 0 Å². The van der Waals surface area contributed by atoms with Gasteiger partial charge in [-0.1, -0.05) is 13.8 Å². The van der Waals surface area contributed by atoms with Crippen molar-refractivity contribution >= 4 is 0 Å². The molecule has 0 spiro atoms. The van der Waals surface area contributed by atoms with Gasteiger partial charge >= 0.3 is 0 Å². The van der Waals surface area contributed by atoms with E-state index in [9.17, 15) is 0 Å². The quantitative estimate of drug-likeness (QED) is 0.753. The van der Waals surface area contributed by atoms with Crippen LogP contribution < -0.4 is 5.32 Å². The van der Waals surface area contributed by atoms with Crippen LogP contribution in [0.25, 0.3) is 0 Å². The van der Waals surface area contributed by atoms with Crippen LogP contribution in [0.15, 0.2) is 0 Å². The van der Waals surface area contributed by atoms with Crippen LogP contribution in [0.1, 0.15) is 52.4 Å². The summed E-state index contributed by atoms with van der Waals surface area (Å²) in [5.74, 6) is 0.957. The van der Waals surface area contributed by atoms with Crippen LogP contribution in [-0.2, 0) is 0 Å². The summed E-state index contributed by atoms with van der Waals surface area (Å²) in [5, 5.41) is 3.72. The smallest absolute Gasteiger partial charge is 0.0235 e. The van der Waals surface area contributed by atoms with Crippen molar-refractivity contribution in [2.24, 2.45) is 11.3 Å². The highest BCUT2D eigenvalue weighted by Gasteiger charge is 2.39. The number of fused-ring (bicyclic) bond motifs is 1. The molecule has 3 fully saturated rings. The van der Waals surface area contributed by atoms with Gasteiger partial charge in [-0.2, -0.15) is 0 Å². The Balaban J connectivity index is 1.56. The second-order valence-corrected chi connectivity index (χ2v) is 7.31. The predicted molar refractivity (Wildman–Crippen MR) is 72.1 cm³/mol. The molecule has 0 amide bonds. The molecule has 2 unspecified atom stereocenters. The van der Waals surface area contributed by atoms with Gasteiger partial charge in [0.15, 0.2) is 0 Å². The molecule has 2 nitrogen and oxygen atoms in total. The fourth-order valence-electron chi connectivity index (χ4n) is 4.13. The summed E-state index contributed by atoms with van der Waals surface area (Å²) in [5.41, 5.74) is 0.612. The summed E-state index contributed by atoms with van der Waals surface area (Å²) in [6, 6.07) is 1.72. The van der Waals surface area contributed by atoms with Crippen LogP contribution in [-0.4, -0.2) is 36.6 Å². The first-order chi connectivity index (χ1) is 8.14. The van der Waals surface area contributed by atoms with Gasteiger partial charge < -0.3 is 5.32 Å². The zero-order valence-corrected chi connectivity index (χ0v) is 11.5. The van der Waals surface area contributed by atoms with Crippen molar-refractivity contribution in [3.8, 4) is 0 Å². The van der Waals surface area contributed by atoms with Crippen LogP contribution in [0, 0.1) is 11.3 Å². The minimum atomic E-state index is 0.612. The normalized spacial score (nSPS) is 39.2. The molecule has 1 saturated carbocycles. The Hall–Kier alpha value is -0.0800. The molecule has 17 heavy (non-hydrogen) atoms. The lowest BCUT2D eigenvalue weighted by Gasteiger charge is -2.38. The maximum absolute atomic E-state index is 3.72. The third kappa shape index (κ3) is 2.53. The maximum Gasteiger partial charge on any atom is 0.0235 e. The second kappa shape index (κ2) is 4.55. The van der Waals surface area contributed by atoms with Gasteiger partial charge in [-0.3, -0.25) is 4.90 Å². The van der Waals surface area contributed by atoms with E-state index in [1.54, 1.807) is 0 Å². The van der Waals surface area contributed by atoms with Crippen LogP contribution in [0.5, 0.6) is 0 Å². The van der Waals surface area contributed by atoms with Gasteiger partial charge in [-0.15, -0.1) is 0 Å². The number of nitrogens with zero attached hydrogens (tertiary/aromatic N) is 1. The average Bonchev–Trinajstić information content (AvgIpc) is 2.72. The average molecular weight is 236 g/mol. The van der Waals surface area contributed by atoms with Gasteiger partial charge in [0.25, 0.3) is 0 Å². The summed E-state index contributed by atoms with van der Waals surface area (Å²) in [6.07, 6.45) is 8.59. The van der Waals surface area contributed by atoms with E-state index < -0.39 is 0 Å². The molecule has 2 aliphatic heterocycles. The number of rotatable bonds is 1. The van der Waals surface area contributed by atoms with E-state index in [0.717, 1.165) is 18.0 Å². The highest BCUT2D eigenvalue weighted by atomic mass is 15.2. The Morgan fingerprint density at radius 3 is 2.53 bits per heavy atom. The highest BCUT2D eigenvalue weighted by Crippen LogP contribution is 2.38. The van der Waals surface area contributed by atoms with E-state index >= 15 is 0 Å². The molecule has 3 rings (SSSR count). The summed E-state index contributed by atoms with van der Waals surface area (Å²) >= 11 is 0. The third-order valence-electron chi connectivity index (χ3n) is 5.45. The minimum Gasteiger partial charge on any atom is -0.312 e. The van der Waals surface area contributed by atoms with Crippen LogP contribution in [0.3, 0.4) is 0 Å². The molecular formula is C15H28N2. The van der Waals surface area contributed by atoms with Crippen molar-refractivity contribution in [2.75, 3.05) is 19.6 Å². The Morgan fingerprint density at radius 1 is 1.06 bits per heavy atom. The molecule has 0 aromatic rings. The second-order valence-electron chi connectivity index (χ2n) is 7.31. The summed E-state index contributed by atoms with van der Waals surface area (Å²) in [4.78, 5) is 2.81. The topological polar surface area (TPSA) is 15.3 Å². The summed E-state index contributed by atoms with van der Waals surface area (Å²) in [6.45, 7) is 8.84. The zero-order valence-electron chi connectivity index (χ0n) is 11.5. The fourth-order valence-corrected chi connectivity index (χ4v) is 4.13. The Kier molecular flexibility index (Phi) is 3.20. The first-order valence-electron chi connectivity index (χ1n) is 7.61. The van der Waals surface area contributed by atoms with E-state index in [0.29, 0.717) is 5.41 Å². The number of likely N-dealkylation sites (tertiary alicyclic amines) is 1. The zero-order chi connectivity index (χ0) is 11.9. The Bertz CT molecular complexity index is 250. The molecule has 1 aliphatic carbocycles. The third-order valence-corrected chi connectivity index (χ3v) is 5.45. The molecule has 3 aliphatic rings. The molecule has 98 valence electrons. The van der Waals surface area contributed by atoms with Crippen molar-refractivity contribution in [2.45, 2.75) is 64.5 Å². The highest BCUT2D eigenvalue weighted by molar-refractivity contribution is 4.95. The lowest BCUT2D eigenvalue weighted by atomic mass is 9.75. The van der Waals surface area contributed by atoms with Gasteiger partial charge in [0, 0.05) is 25.2 Å². The molecule has 0 radical (unpaired) electrons. The largest absolute Gasteiger partial charge is 0.312 e. The molecule has 2 heterocycles. The Morgan fingerprint density at radius 2 is 1.82 bits per heavy atom. The lowest BCUT2D eigenvalue weighted by molar-refractivity contribution is 0.123. The van der Waals surface area contributed by atoms with Crippen molar-refractivity contribution in [3.05, 3.63) is 0 Å². The molecule has 0 bridgehead atoms. The summed E-state index contributed by atoms with van der Waals surface area (Å²) < 4.78 is 0. The molecule has 2 heteroatoms. The molecule has 0 aromatic heterocycles. The molecule has 0 aromatic carbocycles. The SMILES string of the molecule is CC1(C)CCC(N2CC3CCCNC3C2)CC1. The van der Waals surface area contributed by atoms with Crippen molar-refractivity contribution in [1.29, 1.82) is 0 Å². The molecular weight excluding hydrogens is 208 g/mol. The van der Waals surface area contributed by atoms with E-state index in [1.165, 1.54) is 58.2 Å². The van der Waals surface area contributed by atoms with Crippen molar-refractivity contribution in [1.82, 2.24) is 10.2 Å². The van der Waals surface area contributed by atoms with Gasteiger partial charge in [0.2, 0.25) is 0 Å². The number of hydrogen-bond donors (Lipinski definition) is 1. The molecule has 1 N–H and O–H groups in total. The van der Waals surface area contributed by atoms with Gasteiger partial charge in [0.05, 0.1) is 0 Å². The fraction of sp³-hybridized carbons (Fsp3) is 1.00. The predicted octanol–water partition coefficient (Wildman–Crippen LogP) is 2.64. The lowest BCUT2D eigenvalue weighted by Crippen LogP contribution is -2.42. The first kappa shape index (κ1) is 12.0. The number of hydrogen-bond acceptors (Lipinski definition) is 2. The van der Waals surface area contributed by atoms with Crippen LogP contribution in [0.2, 0.25) is 0 Å². The molecule has 2 saturated heterocycles. The van der Waals surface area contributed by atoms with Crippen LogP contribution in [0.4, 0.5) is 0 Å². The van der Waals surface area contributed by atoms with Gasteiger partial charge in [-0.25, -0.2) is 0 Å². The number of nitrogens with one attached hydrogen (secondary N) is 1. The van der Waals surface area contributed by atoms with E-state index in [4.69, 9.17) is 0 Å². The first-order valence-corrected chi connectivity index (χ1v) is 7.61. The Labute approximate surface area is 106 Å². The monoisotopic (exact) mass is 236 g/mol. The standard InChI is InChI=1S/C15H28N2/c1-15(2)7-5-13(6-8-15)17-10-12-4-3-9-16-14(12)11-17/h12-14,16H,3-11H2,1-2H3. The summed E-state index contributed by atoms with van der Waals surface area (Å²) in [7, 11) is 0. The van der Waals surface area contributed by atoms with E-state index in [1.807, 2.05) is 0 Å². The van der Waals surface area contributed by atoms with Crippen molar-refractivity contribution < 1.29 is 0 Å². The van der Waals surface area contributed by atoms with Crippen LogP contribution >= 0.6 is 0 Å². The number of piperidine rings is 1. The van der Waals surface area contributed by atoms with Gasteiger partial charge in [0.1, 0.15) is 0 Å².